The number of nitrogens with two attached hydrogens (primary N) is 1. The van der Waals surface area contributed by atoms with Crippen LogP contribution in [0.4, 0.5) is 13.2 Å². The number of carbonyl (C=O) groups is 2. The van der Waals surface area contributed by atoms with Crippen molar-refractivity contribution in [3.05, 3.63) is 70.3 Å². The third-order valence-electron chi connectivity index (χ3n) is 6.02. The first kappa shape index (κ1) is 18.5. The molecule has 1 aliphatic heterocycles. The predicted molar refractivity (Wildman–Crippen MR) is 96.6 cm³/mol. The Labute approximate surface area is 159 Å². The number of nitrogens with one attached hydrogen (secondary N) is 1. The fraction of sp³-hybridized carbons (Fsp3) is 0.333. The highest BCUT2D eigenvalue weighted by Crippen LogP contribution is 2.54. The molecule has 0 bridgehead atoms. The van der Waals surface area contributed by atoms with Gasteiger partial charge in [0.1, 0.15) is 0 Å². The molecular formula is C21H19F3N2O2. The number of alkyl halides is 3. The quantitative estimate of drug-likeness (QED) is 0.828. The average Bonchev–Trinajstić information content (AvgIpc) is 3.01. The summed E-state index contributed by atoms with van der Waals surface area (Å²) >= 11 is 0. The molecule has 1 fully saturated rings. The van der Waals surface area contributed by atoms with Gasteiger partial charge in [0.2, 0.25) is 11.8 Å². The Morgan fingerprint density at radius 1 is 1.11 bits per heavy atom. The van der Waals surface area contributed by atoms with Crippen molar-refractivity contribution >= 4 is 11.8 Å². The van der Waals surface area contributed by atoms with E-state index in [4.69, 9.17) is 5.73 Å². The molecule has 0 radical (unpaired) electrons. The number of hydrogen-bond donors (Lipinski definition) is 2. The van der Waals surface area contributed by atoms with Gasteiger partial charge in [-0.1, -0.05) is 24.3 Å². The van der Waals surface area contributed by atoms with Gasteiger partial charge in [0.15, 0.2) is 0 Å². The van der Waals surface area contributed by atoms with Gasteiger partial charge in [-0.15, -0.1) is 0 Å². The minimum absolute atomic E-state index is 0.123. The Morgan fingerprint density at radius 2 is 1.82 bits per heavy atom. The minimum atomic E-state index is -4.44. The van der Waals surface area contributed by atoms with Crippen molar-refractivity contribution in [1.29, 1.82) is 0 Å². The van der Waals surface area contributed by atoms with Crippen LogP contribution in [0.15, 0.2) is 42.5 Å². The second-order valence-corrected chi connectivity index (χ2v) is 7.46. The molecule has 2 aromatic carbocycles. The Hall–Kier alpha value is -2.83. The monoisotopic (exact) mass is 388 g/mol. The molecule has 1 spiro atoms. The summed E-state index contributed by atoms with van der Waals surface area (Å²) in [5, 5.41) is 2.86. The van der Waals surface area contributed by atoms with Crippen LogP contribution >= 0.6 is 0 Å². The van der Waals surface area contributed by atoms with Gasteiger partial charge in [-0.3, -0.25) is 9.59 Å². The van der Waals surface area contributed by atoms with Crippen LogP contribution in [0, 0.1) is 5.41 Å². The molecule has 146 valence electrons. The molecule has 2 atom stereocenters. The first-order chi connectivity index (χ1) is 13.2. The Kier molecular flexibility index (Phi) is 4.21. The maximum Gasteiger partial charge on any atom is 0.416 e. The maximum atomic E-state index is 13.0. The zero-order valence-corrected chi connectivity index (χ0v) is 15.0. The summed E-state index contributed by atoms with van der Waals surface area (Å²) in [5.41, 5.74) is 6.53. The fourth-order valence-electron chi connectivity index (χ4n) is 4.72. The molecule has 3 N–H and O–H groups in total. The van der Waals surface area contributed by atoms with Crippen LogP contribution in [-0.4, -0.2) is 18.4 Å². The zero-order chi connectivity index (χ0) is 20.1. The lowest BCUT2D eigenvalue weighted by Gasteiger charge is -2.41. The van der Waals surface area contributed by atoms with E-state index in [1.807, 2.05) is 6.07 Å². The highest BCUT2D eigenvalue weighted by molar-refractivity contribution is 5.96. The SMILES string of the molecule is NC(=O)c1cccc2c1C(c1ccc(C(F)(F)F)cc1)C1(CCNC1=O)CC2. The number of aryl methyl sites for hydroxylation is 1. The van der Waals surface area contributed by atoms with Crippen LogP contribution in [0.3, 0.4) is 0 Å². The van der Waals surface area contributed by atoms with E-state index >= 15 is 0 Å². The summed E-state index contributed by atoms with van der Waals surface area (Å²) in [6, 6.07) is 10.1. The Bertz CT molecular complexity index is 953. The van der Waals surface area contributed by atoms with Gasteiger partial charge in [0.05, 0.1) is 11.0 Å². The first-order valence-corrected chi connectivity index (χ1v) is 9.11. The third kappa shape index (κ3) is 2.77. The van der Waals surface area contributed by atoms with Crippen LogP contribution in [0.25, 0.3) is 0 Å². The van der Waals surface area contributed by atoms with Gasteiger partial charge >= 0.3 is 6.18 Å². The van der Waals surface area contributed by atoms with Crippen molar-refractivity contribution in [2.24, 2.45) is 11.1 Å². The number of primary amides is 1. The van der Waals surface area contributed by atoms with Crippen molar-refractivity contribution in [2.45, 2.75) is 31.4 Å². The summed E-state index contributed by atoms with van der Waals surface area (Å²) < 4.78 is 39.0. The molecule has 7 heteroatoms. The van der Waals surface area contributed by atoms with Crippen molar-refractivity contribution in [1.82, 2.24) is 5.32 Å². The molecule has 4 nitrogen and oxygen atoms in total. The molecule has 1 aliphatic carbocycles. The van der Waals surface area contributed by atoms with E-state index in [-0.39, 0.29) is 5.91 Å². The van der Waals surface area contributed by atoms with Gasteiger partial charge in [-0.05, 0) is 54.2 Å². The second-order valence-electron chi connectivity index (χ2n) is 7.46. The van der Waals surface area contributed by atoms with Crippen LogP contribution in [0.1, 0.15) is 51.4 Å². The topological polar surface area (TPSA) is 72.2 Å². The van der Waals surface area contributed by atoms with Crippen LogP contribution in [-0.2, 0) is 17.4 Å². The molecule has 1 saturated heterocycles. The van der Waals surface area contributed by atoms with Gasteiger partial charge in [-0.25, -0.2) is 0 Å². The summed E-state index contributed by atoms with van der Waals surface area (Å²) in [6.07, 6.45) is -2.70. The smallest absolute Gasteiger partial charge is 0.366 e. The maximum absolute atomic E-state index is 13.0. The van der Waals surface area contributed by atoms with Gasteiger partial charge in [-0.2, -0.15) is 13.2 Å². The van der Waals surface area contributed by atoms with E-state index < -0.39 is 29.0 Å². The highest BCUT2D eigenvalue weighted by atomic mass is 19.4. The van der Waals surface area contributed by atoms with Crippen LogP contribution in [0.5, 0.6) is 0 Å². The van der Waals surface area contributed by atoms with E-state index in [0.29, 0.717) is 42.5 Å². The van der Waals surface area contributed by atoms with Gasteiger partial charge < -0.3 is 11.1 Å². The fourth-order valence-corrected chi connectivity index (χ4v) is 4.72. The highest BCUT2D eigenvalue weighted by Gasteiger charge is 2.52. The van der Waals surface area contributed by atoms with E-state index in [1.54, 1.807) is 12.1 Å². The molecule has 4 rings (SSSR count). The molecule has 2 aliphatic rings. The van der Waals surface area contributed by atoms with E-state index in [2.05, 4.69) is 5.32 Å². The van der Waals surface area contributed by atoms with E-state index in [0.717, 1.165) is 17.7 Å². The van der Waals surface area contributed by atoms with E-state index in [1.165, 1.54) is 12.1 Å². The molecule has 28 heavy (non-hydrogen) atoms. The van der Waals surface area contributed by atoms with Crippen molar-refractivity contribution in [2.75, 3.05) is 6.54 Å². The number of benzene rings is 2. The summed E-state index contributed by atoms with van der Waals surface area (Å²) in [7, 11) is 0. The third-order valence-corrected chi connectivity index (χ3v) is 6.02. The van der Waals surface area contributed by atoms with Crippen molar-refractivity contribution in [3.8, 4) is 0 Å². The minimum Gasteiger partial charge on any atom is -0.366 e. The van der Waals surface area contributed by atoms with Crippen molar-refractivity contribution in [3.63, 3.8) is 0 Å². The molecule has 2 unspecified atom stereocenters. The van der Waals surface area contributed by atoms with Crippen LogP contribution < -0.4 is 11.1 Å². The second kappa shape index (κ2) is 6.36. The molecule has 0 saturated carbocycles. The zero-order valence-electron chi connectivity index (χ0n) is 15.0. The first-order valence-electron chi connectivity index (χ1n) is 9.11. The number of carbonyl (C=O) groups excluding carboxylic acids is 2. The van der Waals surface area contributed by atoms with Crippen LogP contribution in [0.2, 0.25) is 0 Å². The predicted octanol–water partition coefficient (Wildman–Crippen LogP) is 3.39. The van der Waals surface area contributed by atoms with Gasteiger partial charge in [0.25, 0.3) is 0 Å². The largest absolute Gasteiger partial charge is 0.416 e. The number of hydrogen-bond acceptors (Lipinski definition) is 2. The summed E-state index contributed by atoms with van der Waals surface area (Å²) in [5.74, 6) is -1.25. The Morgan fingerprint density at radius 3 is 2.39 bits per heavy atom. The molecule has 2 amide bonds. The molecule has 2 aromatic rings. The molecule has 0 aromatic heterocycles. The number of fused-ring (bicyclic) bond motifs is 1. The lowest BCUT2D eigenvalue weighted by Crippen LogP contribution is -2.42. The number of halogens is 3. The standard InChI is InChI=1S/C21H19F3N2O2/c22-21(23,24)14-6-4-13(5-7-14)17-16-12(2-1-3-15(16)18(25)27)8-9-20(17)10-11-26-19(20)28/h1-7,17H,8-11H2,(H2,25,27)(H,26,28). The number of rotatable bonds is 2. The lowest BCUT2D eigenvalue weighted by atomic mass is 9.60. The van der Waals surface area contributed by atoms with E-state index in [9.17, 15) is 22.8 Å². The summed E-state index contributed by atoms with van der Waals surface area (Å²) in [6.45, 7) is 0.504. The van der Waals surface area contributed by atoms with Gasteiger partial charge in [0, 0.05) is 18.0 Å². The Balaban J connectivity index is 1.93. The lowest BCUT2D eigenvalue weighted by molar-refractivity contribution is -0.137. The van der Waals surface area contributed by atoms with Crippen molar-refractivity contribution < 1.29 is 22.8 Å². The number of amides is 2. The molecule has 1 heterocycles. The summed E-state index contributed by atoms with van der Waals surface area (Å²) in [4.78, 5) is 24.9. The molecular weight excluding hydrogens is 369 g/mol. The normalized spacial score (nSPS) is 24.1. The average molecular weight is 388 g/mol.